The number of halogens is 2. The van der Waals surface area contributed by atoms with Gasteiger partial charge in [0.15, 0.2) is 5.75 Å². The fraction of sp³-hybridized carbons (Fsp3) is 0.300. The van der Waals surface area contributed by atoms with Crippen molar-refractivity contribution in [2.45, 2.75) is 33.1 Å². The third-order valence-electron chi connectivity index (χ3n) is 6.18. The highest BCUT2D eigenvalue weighted by Gasteiger charge is 2.22. The predicted molar refractivity (Wildman–Crippen MR) is 150 cm³/mol. The lowest BCUT2D eigenvalue weighted by molar-refractivity contribution is 0.103. The Morgan fingerprint density at radius 2 is 1.56 bits per heavy atom. The Bertz CT molecular complexity index is 1290. The number of carbonyl (C=O) groups excluding carboxylic acids is 1. The largest absolute Gasteiger partial charge is 0.490 e. The zero-order valence-electron chi connectivity index (χ0n) is 20.8. The number of fused-ring (bicyclic) bond motifs is 1. The normalized spacial score (nSPS) is 11.4. The van der Waals surface area contributed by atoms with Gasteiger partial charge in [-0.25, -0.2) is 0 Å². The number of ether oxygens (including phenoxy) is 1. The van der Waals surface area contributed by atoms with Crippen molar-refractivity contribution in [2.75, 3.05) is 26.2 Å². The molecule has 4 rings (SSSR count). The van der Waals surface area contributed by atoms with Crippen LogP contribution in [0.5, 0.6) is 5.75 Å². The van der Waals surface area contributed by atoms with E-state index in [2.05, 4.69) is 18.7 Å². The van der Waals surface area contributed by atoms with Crippen molar-refractivity contribution < 1.29 is 9.53 Å². The molecule has 0 N–H and O–H groups in total. The number of pyridine rings is 1. The van der Waals surface area contributed by atoms with Gasteiger partial charge in [-0.05, 0) is 68.2 Å². The molecule has 2 aromatic carbocycles. The lowest BCUT2D eigenvalue weighted by Gasteiger charge is -2.21. The summed E-state index contributed by atoms with van der Waals surface area (Å²) >= 11 is 13.2. The van der Waals surface area contributed by atoms with E-state index in [1.807, 2.05) is 65.2 Å². The molecule has 0 saturated heterocycles. The third-order valence-corrected chi connectivity index (χ3v) is 6.75. The number of rotatable bonds is 12. The Hall–Kier alpha value is -2.79. The molecular weight excluding hydrogens is 491 g/mol. The molecule has 0 spiro atoms. The molecule has 0 unspecified atom stereocenters. The molecule has 6 heteroatoms. The van der Waals surface area contributed by atoms with E-state index in [1.165, 1.54) is 0 Å². The Labute approximate surface area is 223 Å². The number of hydrogen-bond acceptors (Lipinski definition) is 3. The first-order valence-corrected chi connectivity index (χ1v) is 13.3. The minimum absolute atomic E-state index is 0.148. The van der Waals surface area contributed by atoms with Gasteiger partial charge in [0, 0.05) is 29.4 Å². The Balaban J connectivity index is 1.57. The maximum absolute atomic E-state index is 13.8. The van der Waals surface area contributed by atoms with Gasteiger partial charge >= 0.3 is 0 Å². The molecule has 0 amide bonds. The SMILES string of the molecule is CCCN(CCC)CCCOc1c(Cl)cc(C(=O)c2c(-c3ccccc3)cc3ccccn23)cc1Cl. The zero-order valence-corrected chi connectivity index (χ0v) is 22.4. The van der Waals surface area contributed by atoms with Crippen LogP contribution in [0.4, 0.5) is 0 Å². The summed E-state index contributed by atoms with van der Waals surface area (Å²) in [5, 5.41) is 0.680. The quantitative estimate of drug-likeness (QED) is 0.139. The lowest BCUT2D eigenvalue weighted by atomic mass is 10.00. The van der Waals surface area contributed by atoms with E-state index >= 15 is 0 Å². The van der Waals surface area contributed by atoms with Crippen molar-refractivity contribution in [2.24, 2.45) is 0 Å². The van der Waals surface area contributed by atoms with E-state index in [9.17, 15) is 4.79 Å². The van der Waals surface area contributed by atoms with Gasteiger partial charge in [0.25, 0.3) is 0 Å². The molecule has 0 saturated carbocycles. The van der Waals surface area contributed by atoms with Crippen LogP contribution < -0.4 is 4.74 Å². The van der Waals surface area contributed by atoms with Crippen LogP contribution in [-0.4, -0.2) is 41.3 Å². The van der Waals surface area contributed by atoms with Gasteiger partial charge in [0.05, 0.1) is 16.7 Å². The van der Waals surface area contributed by atoms with E-state index in [4.69, 9.17) is 27.9 Å². The summed E-state index contributed by atoms with van der Waals surface area (Å²) < 4.78 is 7.87. The van der Waals surface area contributed by atoms with Crippen molar-refractivity contribution >= 4 is 34.5 Å². The smallest absolute Gasteiger partial charge is 0.210 e. The summed E-state index contributed by atoms with van der Waals surface area (Å²) in [5.74, 6) is 0.279. The summed E-state index contributed by atoms with van der Waals surface area (Å²) in [7, 11) is 0. The van der Waals surface area contributed by atoms with Crippen LogP contribution in [0.25, 0.3) is 16.6 Å². The van der Waals surface area contributed by atoms with Crippen LogP contribution in [-0.2, 0) is 0 Å². The molecule has 0 atom stereocenters. The Morgan fingerprint density at radius 3 is 2.22 bits per heavy atom. The molecule has 0 fully saturated rings. The van der Waals surface area contributed by atoms with Gasteiger partial charge in [-0.3, -0.25) is 4.79 Å². The molecule has 2 aromatic heterocycles. The Morgan fingerprint density at radius 1 is 0.889 bits per heavy atom. The van der Waals surface area contributed by atoms with Gasteiger partial charge < -0.3 is 14.0 Å². The minimum atomic E-state index is -0.148. The highest BCUT2D eigenvalue weighted by Crippen LogP contribution is 2.36. The number of hydrogen-bond donors (Lipinski definition) is 0. The highest BCUT2D eigenvalue weighted by atomic mass is 35.5. The summed E-state index contributed by atoms with van der Waals surface area (Å²) in [6.45, 7) is 8.05. The second kappa shape index (κ2) is 12.4. The molecule has 36 heavy (non-hydrogen) atoms. The average Bonchev–Trinajstić information content (AvgIpc) is 3.27. The zero-order chi connectivity index (χ0) is 25.5. The van der Waals surface area contributed by atoms with Gasteiger partial charge in [-0.2, -0.15) is 0 Å². The van der Waals surface area contributed by atoms with Crippen molar-refractivity contribution in [3.63, 3.8) is 0 Å². The van der Waals surface area contributed by atoms with Crippen molar-refractivity contribution in [1.82, 2.24) is 9.30 Å². The van der Waals surface area contributed by atoms with Gasteiger partial charge in [-0.15, -0.1) is 0 Å². The van der Waals surface area contributed by atoms with Crippen LogP contribution in [0, 0.1) is 0 Å². The van der Waals surface area contributed by atoms with Crippen LogP contribution >= 0.6 is 23.2 Å². The standard InChI is InChI=1S/C30H32Cl2N2O2/c1-3-14-33(15-4-2)16-10-18-36-30-26(31)19-23(20-27(30)32)29(35)28-25(22-11-6-5-7-12-22)21-24-13-8-9-17-34(24)28/h5-9,11-13,17,19-21H,3-4,10,14-16,18H2,1-2H3. The van der Waals surface area contributed by atoms with Crippen molar-refractivity contribution in [3.8, 4) is 16.9 Å². The van der Waals surface area contributed by atoms with E-state index in [1.54, 1.807) is 12.1 Å². The van der Waals surface area contributed by atoms with Crippen LogP contribution in [0.2, 0.25) is 10.0 Å². The average molecular weight is 524 g/mol. The molecule has 2 heterocycles. The fourth-order valence-electron chi connectivity index (χ4n) is 4.59. The molecule has 0 aliphatic heterocycles. The van der Waals surface area contributed by atoms with Crippen molar-refractivity contribution in [3.05, 3.63) is 94.2 Å². The summed E-state index contributed by atoms with van der Waals surface area (Å²) in [6.07, 6.45) is 5.05. The van der Waals surface area contributed by atoms with Crippen LogP contribution in [0.15, 0.2) is 72.9 Å². The predicted octanol–water partition coefficient (Wildman–Crippen LogP) is 8.04. The van der Waals surface area contributed by atoms with E-state index in [0.717, 1.165) is 55.5 Å². The molecular formula is C30H32Cl2N2O2. The van der Waals surface area contributed by atoms with Gasteiger partial charge in [0.1, 0.15) is 5.69 Å². The van der Waals surface area contributed by atoms with Crippen molar-refractivity contribution in [1.29, 1.82) is 0 Å². The van der Waals surface area contributed by atoms with Gasteiger partial charge in [0.2, 0.25) is 5.78 Å². The third kappa shape index (κ3) is 5.95. The van der Waals surface area contributed by atoms with E-state index in [-0.39, 0.29) is 5.78 Å². The first-order chi connectivity index (χ1) is 17.5. The monoisotopic (exact) mass is 522 g/mol. The fourth-order valence-corrected chi connectivity index (χ4v) is 5.19. The second-order valence-corrected chi connectivity index (χ2v) is 9.72. The maximum atomic E-state index is 13.8. The molecule has 0 radical (unpaired) electrons. The number of carbonyl (C=O) groups is 1. The molecule has 0 bridgehead atoms. The molecule has 0 aliphatic rings. The molecule has 188 valence electrons. The lowest BCUT2D eigenvalue weighted by Crippen LogP contribution is -2.27. The number of nitrogens with zero attached hydrogens (tertiary/aromatic N) is 2. The molecule has 4 nitrogen and oxygen atoms in total. The van der Waals surface area contributed by atoms with Crippen LogP contribution in [0.3, 0.4) is 0 Å². The number of aromatic nitrogens is 1. The second-order valence-electron chi connectivity index (χ2n) is 8.91. The number of ketones is 1. The highest BCUT2D eigenvalue weighted by molar-refractivity contribution is 6.38. The number of benzene rings is 2. The van der Waals surface area contributed by atoms with E-state index in [0.29, 0.717) is 33.7 Å². The Kier molecular flexibility index (Phi) is 9.08. The first kappa shape index (κ1) is 26.3. The maximum Gasteiger partial charge on any atom is 0.210 e. The summed E-state index contributed by atoms with van der Waals surface area (Å²) in [5.41, 5.74) is 3.78. The molecule has 0 aliphatic carbocycles. The van der Waals surface area contributed by atoms with Gasteiger partial charge in [-0.1, -0.05) is 73.4 Å². The van der Waals surface area contributed by atoms with E-state index < -0.39 is 0 Å². The topological polar surface area (TPSA) is 34.0 Å². The summed E-state index contributed by atoms with van der Waals surface area (Å²) in [6, 6.07) is 21.1. The van der Waals surface area contributed by atoms with Crippen LogP contribution in [0.1, 0.15) is 49.2 Å². The minimum Gasteiger partial charge on any atom is -0.490 e. The first-order valence-electron chi connectivity index (χ1n) is 12.6. The summed E-state index contributed by atoms with van der Waals surface area (Å²) in [4.78, 5) is 16.3. The molecule has 4 aromatic rings.